The Bertz CT molecular complexity index is 400. The maximum Gasteiger partial charge on any atom is 0.0281 e. The summed E-state index contributed by atoms with van der Waals surface area (Å²) in [4.78, 5) is 2.62. The molecule has 1 saturated heterocycles. The van der Waals surface area contributed by atoms with Crippen molar-refractivity contribution in [2.75, 3.05) is 13.1 Å². The molecule has 0 aromatic heterocycles. The molecule has 1 aliphatic rings. The van der Waals surface area contributed by atoms with Crippen LogP contribution in [0, 0.1) is 0 Å². The van der Waals surface area contributed by atoms with Gasteiger partial charge in [0, 0.05) is 35.7 Å². The molecule has 3 heteroatoms. The van der Waals surface area contributed by atoms with Gasteiger partial charge in [0.1, 0.15) is 0 Å². The predicted octanol–water partition coefficient (Wildman–Crippen LogP) is 3.80. The van der Waals surface area contributed by atoms with Crippen LogP contribution >= 0.6 is 15.9 Å². The second-order valence-corrected chi connectivity index (χ2v) is 7.10. The van der Waals surface area contributed by atoms with Crippen molar-refractivity contribution in [3.8, 4) is 0 Å². The molecule has 0 aliphatic carbocycles. The smallest absolute Gasteiger partial charge is 0.0281 e. The van der Waals surface area contributed by atoms with Crippen molar-refractivity contribution < 1.29 is 0 Å². The second-order valence-electron chi connectivity index (χ2n) is 6.19. The van der Waals surface area contributed by atoms with E-state index in [9.17, 15) is 0 Å². The third-order valence-corrected chi connectivity index (χ3v) is 4.57. The zero-order chi connectivity index (χ0) is 13.9. The van der Waals surface area contributed by atoms with Crippen LogP contribution in [0.4, 0.5) is 0 Å². The van der Waals surface area contributed by atoms with E-state index in [1.807, 2.05) is 0 Å². The molecule has 1 atom stereocenters. The van der Waals surface area contributed by atoms with Crippen molar-refractivity contribution in [1.82, 2.24) is 10.2 Å². The van der Waals surface area contributed by atoms with Gasteiger partial charge in [-0.25, -0.2) is 0 Å². The van der Waals surface area contributed by atoms with Crippen molar-refractivity contribution in [2.45, 2.75) is 51.7 Å². The number of halogens is 1. The van der Waals surface area contributed by atoms with E-state index in [1.54, 1.807) is 0 Å². The Morgan fingerprint density at radius 1 is 1.32 bits per heavy atom. The average Bonchev–Trinajstić information content (AvgIpc) is 2.37. The predicted molar refractivity (Wildman–Crippen MR) is 85.3 cm³/mol. The molecule has 106 valence electrons. The highest BCUT2D eigenvalue weighted by Gasteiger charge is 2.33. The molecular weight excluding hydrogens is 300 g/mol. The van der Waals surface area contributed by atoms with Crippen LogP contribution in [0.2, 0.25) is 0 Å². The lowest BCUT2D eigenvalue weighted by Gasteiger charge is -2.46. The molecule has 1 aliphatic heterocycles. The Labute approximate surface area is 125 Å². The molecule has 2 rings (SSSR count). The molecule has 0 saturated carbocycles. The van der Waals surface area contributed by atoms with Gasteiger partial charge in [-0.2, -0.15) is 0 Å². The highest BCUT2D eigenvalue weighted by atomic mass is 79.9. The quantitative estimate of drug-likeness (QED) is 0.906. The molecule has 1 fully saturated rings. The SMILES string of the molecule is CCCC1CN(Cc2ccc(Br)cc2)C(C)(C)CN1. The van der Waals surface area contributed by atoms with Crippen LogP contribution in [0.15, 0.2) is 28.7 Å². The topological polar surface area (TPSA) is 15.3 Å². The van der Waals surface area contributed by atoms with Gasteiger partial charge in [-0.15, -0.1) is 0 Å². The van der Waals surface area contributed by atoms with E-state index >= 15 is 0 Å². The lowest BCUT2D eigenvalue weighted by atomic mass is 9.95. The monoisotopic (exact) mass is 324 g/mol. The van der Waals surface area contributed by atoms with Gasteiger partial charge in [0.25, 0.3) is 0 Å². The molecule has 19 heavy (non-hydrogen) atoms. The van der Waals surface area contributed by atoms with E-state index in [4.69, 9.17) is 0 Å². The average molecular weight is 325 g/mol. The van der Waals surface area contributed by atoms with Gasteiger partial charge in [-0.3, -0.25) is 4.90 Å². The summed E-state index contributed by atoms with van der Waals surface area (Å²) in [5.41, 5.74) is 1.63. The Morgan fingerprint density at radius 2 is 2.00 bits per heavy atom. The summed E-state index contributed by atoms with van der Waals surface area (Å²) in [6.45, 7) is 10.2. The minimum atomic E-state index is 0.233. The van der Waals surface area contributed by atoms with E-state index in [1.165, 1.54) is 18.4 Å². The van der Waals surface area contributed by atoms with E-state index in [2.05, 4.69) is 71.2 Å². The summed E-state index contributed by atoms with van der Waals surface area (Å²) in [6, 6.07) is 9.35. The van der Waals surface area contributed by atoms with Crippen LogP contribution in [0.1, 0.15) is 39.2 Å². The largest absolute Gasteiger partial charge is 0.311 e. The van der Waals surface area contributed by atoms with Crippen molar-refractivity contribution in [3.63, 3.8) is 0 Å². The maximum atomic E-state index is 3.69. The van der Waals surface area contributed by atoms with E-state index < -0.39 is 0 Å². The molecule has 2 nitrogen and oxygen atoms in total. The summed E-state index contributed by atoms with van der Waals surface area (Å²) >= 11 is 3.50. The summed E-state index contributed by atoms with van der Waals surface area (Å²) in [5.74, 6) is 0. The molecule has 0 radical (unpaired) electrons. The maximum absolute atomic E-state index is 3.69. The first-order valence-electron chi connectivity index (χ1n) is 7.24. The van der Waals surface area contributed by atoms with Gasteiger partial charge in [-0.1, -0.05) is 41.4 Å². The molecule has 1 heterocycles. The number of benzene rings is 1. The third-order valence-electron chi connectivity index (χ3n) is 4.04. The number of piperazine rings is 1. The number of nitrogens with zero attached hydrogens (tertiary/aromatic N) is 1. The Hall–Kier alpha value is -0.380. The van der Waals surface area contributed by atoms with Crippen LogP contribution in [0.5, 0.6) is 0 Å². The number of nitrogens with one attached hydrogen (secondary N) is 1. The number of rotatable bonds is 4. The Morgan fingerprint density at radius 3 is 2.63 bits per heavy atom. The van der Waals surface area contributed by atoms with Crippen molar-refractivity contribution in [1.29, 1.82) is 0 Å². The Kier molecular flexibility index (Phi) is 5.04. The molecule has 1 aromatic rings. The number of hydrogen-bond donors (Lipinski definition) is 1. The summed E-state index contributed by atoms with van der Waals surface area (Å²) in [5, 5.41) is 3.69. The molecule has 0 spiro atoms. The number of hydrogen-bond acceptors (Lipinski definition) is 2. The molecule has 1 N–H and O–H groups in total. The summed E-state index contributed by atoms with van der Waals surface area (Å²) in [7, 11) is 0. The zero-order valence-electron chi connectivity index (χ0n) is 12.2. The fraction of sp³-hybridized carbons (Fsp3) is 0.625. The van der Waals surface area contributed by atoms with Crippen LogP contribution in [-0.4, -0.2) is 29.6 Å². The second kappa shape index (κ2) is 6.38. The Balaban J connectivity index is 2.04. The minimum Gasteiger partial charge on any atom is -0.311 e. The van der Waals surface area contributed by atoms with Crippen molar-refractivity contribution >= 4 is 15.9 Å². The van der Waals surface area contributed by atoms with Gasteiger partial charge in [0.15, 0.2) is 0 Å². The third kappa shape index (κ3) is 4.04. The summed E-state index contributed by atoms with van der Waals surface area (Å²) < 4.78 is 1.15. The van der Waals surface area contributed by atoms with Gasteiger partial charge >= 0.3 is 0 Å². The van der Waals surface area contributed by atoms with Crippen LogP contribution in [0.25, 0.3) is 0 Å². The first-order valence-corrected chi connectivity index (χ1v) is 8.03. The highest BCUT2D eigenvalue weighted by molar-refractivity contribution is 9.10. The molecular formula is C16H25BrN2. The summed E-state index contributed by atoms with van der Waals surface area (Å²) in [6.07, 6.45) is 2.52. The molecule has 0 amide bonds. The lowest BCUT2D eigenvalue weighted by Crippen LogP contribution is -2.61. The van der Waals surface area contributed by atoms with Gasteiger partial charge in [-0.05, 0) is 38.0 Å². The van der Waals surface area contributed by atoms with Gasteiger partial charge in [0.05, 0.1) is 0 Å². The van der Waals surface area contributed by atoms with Gasteiger partial charge in [0.2, 0.25) is 0 Å². The fourth-order valence-corrected chi connectivity index (χ4v) is 2.98. The van der Waals surface area contributed by atoms with E-state index in [0.717, 1.165) is 24.1 Å². The molecule has 1 unspecified atom stereocenters. The van der Waals surface area contributed by atoms with Crippen molar-refractivity contribution in [2.24, 2.45) is 0 Å². The molecule has 1 aromatic carbocycles. The molecule has 0 bridgehead atoms. The van der Waals surface area contributed by atoms with Crippen LogP contribution in [-0.2, 0) is 6.54 Å². The minimum absolute atomic E-state index is 0.233. The highest BCUT2D eigenvalue weighted by Crippen LogP contribution is 2.23. The first-order chi connectivity index (χ1) is 9.01. The van der Waals surface area contributed by atoms with Crippen LogP contribution in [0.3, 0.4) is 0 Å². The fourth-order valence-electron chi connectivity index (χ4n) is 2.71. The van der Waals surface area contributed by atoms with Crippen LogP contribution < -0.4 is 5.32 Å². The normalized spacial score (nSPS) is 23.5. The van der Waals surface area contributed by atoms with Crippen molar-refractivity contribution in [3.05, 3.63) is 34.3 Å². The zero-order valence-corrected chi connectivity index (χ0v) is 13.8. The standard InChI is InChI=1S/C16H25BrN2/c1-4-5-15-11-19(16(2,3)12-18-15)10-13-6-8-14(17)9-7-13/h6-9,15,18H,4-5,10-12H2,1-3H3. The van der Waals surface area contributed by atoms with Gasteiger partial charge < -0.3 is 5.32 Å². The lowest BCUT2D eigenvalue weighted by molar-refractivity contribution is 0.0564. The first kappa shape index (κ1) is 15.0. The van der Waals surface area contributed by atoms with E-state index in [-0.39, 0.29) is 5.54 Å². The van der Waals surface area contributed by atoms with E-state index in [0.29, 0.717) is 6.04 Å².